The van der Waals surface area contributed by atoms with Crippen molar-refractivity contribution in [3.63, 3.8) is 0 Å². The van der Waals surface area contributed by atoms with Gasteiger partial charge in [0.15, 0.2) is 0 Å². The summed E-state index contributed by atoms with van der Waals surface area (Å²) in [6, 6.07) is 14.3. The van der Waals surface area contributed by atoms with Crippen molar-refractivity contribution in [3.05, 3.63) is 63.6 Å². The van der Waals surface area contributed by atoms with Gasteiger partial charge >= 0.3 is 0 Å². The van der Waals surface area contributed by atoms with Crippen LogP contribution in [0.2, 0.25) is 5.02 Å². The van der Waals surface area contributed by atoms with Gasteiger partial charge in [0.1, 0.15) is 10.9 Å². The van der Waals surface area contributed by atoms with E-state index < -0.39 is 0 Å². The Morgan fingerprint density at radius 3 is 2.79 bits per heavy atom. The third-order valence-corrected chi connectivity index (χ3v) is 4.34. The second-order valence-corrected chi connectivity index (χ2v) is 5.68. The molecule has 0 bridgehead atoms. The van der Waals surface area contributed by atoms with Crippen LogP contribution in [0, 0.1) is 11.3 Å². The first-order valence-corrected chi connectivity index (χ1v) is 6.98. The smallest absolute Gasteiger partial charge is 0.125 e. The molecule has 0 amide bonds. The first-order valence-electron chi connectivity index (χ1n) is 5.79. The van der Waals surface area contributed by atoms with Crippen molar-refractivity contribution >= 4 is 33.2 Å². The molecule has 3 aromatic rings. The summed E-state index contributed by atoms with van der Waals surface area (Å²) in [6.07, 6.45) is 2.40. The zero-order valence-electron chi connectivity index (χ0n) is 9.93. The Hall–Kier alpha value is -1.89. The van der Waals surface area contributed by atoms with Gasteiger partial charge in [0.05, 0.1) is 10.6 Å². The van der Waals surface area contributed by atoms with Gasteiger partial charge in [0, 0.05) is 22.9 Å². The van der Waals surface area contributed by atoms with Crippen LogP contribution >= 0.6 is 22.9 Å². The molecule has 1 aromatic carbocycles. The summed E-state index contributed by atoms with van der Waals surface area (Å²) in [4.78, 5) is 6.37. The molecule has 0 fully saturated rings. The minimum Gasteiger partial charge on any atom is -0.244 e. The quantitative estimate of drug-likeness (QED) is 0.699. The van der Waals surface area contributed by atoms with Crippen LogP contribution in [-0.2, 0) is 6.42 Å². The standard InChI is InChI=1S/C15H9ClN2S/c16-14-11(8-17)9-18-15-13(14)7-12(19-15)6-10-4-2-1-3-5-10/h1-5,7,9H,6H2. The zero-order chi connectivity index (χ0) is 13.2. The molecule has 0 aliphatic heterocycles. The average molecular weight is 285 g/mol. The highest BCUT2D eigenvalue weighted by molar-refractivity contribution is 7.18. The lowest BCUT2D eigenvalue weighted by Crippen LogP contribution is -1.82. The molecular formula is C15H9ClN2S. The van der Waals surface area contributed by atoms with Gasteiger partial charge < -0.3 is 0 Å². The number of rotatable bonds is 2. The van der Waals surface area contributed by atoms with E-state index in [2.05, 4.69) is 23.2 Å². The molecule has 0 N–H and O–H groups in total. The van der Waals surface area contributed by atoms with E-state index in [1.165, 1.54) is 16.6 Å². The Balaban J connectivity index is 2.03. The van der Waals surface area contributed by atoms with Crippen molar-refractivity contribution in [1.82, 2.24) is 4.98 Å². The third kappa shape index (κ3) is 2.33. The Morgan fingerprint density at radius 2 is 2.05 bits per heavy atom. The van der Waals surface area contributed by atoms with Crippen LogP contribution in [-0.4, -0.2) is 4.98 Å². The number of halogens is 1. The monoisotopic (exact) mass is 284 g/mol. The van der Waals surface area contributed by atoms with Crippen molar-refractivity contribution in [2.24, 2.45) is 0 Å². The highest BCUT2D eigenvalue weighted by Gasteiger charge is 2.10. The molecule has 19 heavy (non-hydrogen) atoms. The third-order valence-electron chi connectivity index (χ3n) is 2.89. The van der Waals surface area contributed by atoms with Gasteiger partial charge in [0.25, 0.3) is 0 Å². The van der Waals surface area contributed by atoms with Crippen LogP contribution in [0.25, 0.3) is 10.2 Å². The van der Waals surface area contributed by atoms with Gasteiger partial charge in [-0.15, -0.1) is 11.3 Å². The molecular weight excluding hydrogens is 276 g/mol. The Bertz CT molecular complexity index is 772. The number of aromatic nitrogens is 1. The van der Waals surface area contributed by atoms with Gasteiger partial charge in [-0.1, -0.05) is 41.9 Å². The molecule has 0 saturated carbocycles. The number of fused-ring (bicyclic) bond motifs is 1. The SMILES string of the molecule is N#Cc1cnc2sc(Cc3ccccc3)cc2c1Cl. The van der Waals surface area contributed by atoms with E-state index in [9.17, 15) is 0 Å². The van der Waals surface area contributed by atoms with Crippen molar-refractivity contribution in [3.8, 4) is 6.07 Å². The van der Waals surface area contributed by atoms with E-state index in [1.807, 2.05) is 24.3 Å². The summed E-state index contributed by atoms with van der Waals surface area (Å²) in [5.41, 5.74) is 1.68. The van der Waals surface area contributed by atoms with E-state index in [4.69, 9.17) is 16.9 Å². The zero-order valence-corrected chi connectivity index (χ0v) is 11.5. The summed E-state index contributed by atoms with van der Waals surface area (Å²) < 4.78 is 0. The predicted molar refractivity (Wildman–Crippen MR) is 78.6 cm³/mol. The molecule has 92 valence electrons. The Kier molecular flexibility index (Phi) is 3.20. The maximum absolute atomic E-state index is 8.95. The fourth-order valence-corrected chi connectivity index (χ4v) is 3.30. The normalized spacial score (nSPS) is 10.5. The number of thiophene rings is 1. The van der Waals surface area contributed by atoms with Gasteiger partial charge in [-0.25, -0.2) is 4.98 Å². The molecule has 2 heterocycles. The maximum Gasteiger partial charge on any atom is 0.125 e. The molecule has 2 nitrogen and oxygen atoms in total. The first-order chi connectivity index (χ1) is 9.28. The lowest BCUT2D eigenvalue weighted by atomic mass is 10.1. The first kappa shape index (κ1) is 12.2. The van der Waals surface area contributed by atoms with E-state index in [0.717, 1.165) is 16.6 Å². The van der Waals surface area contributed by atoms with Crippen LogP contribution in [0.1, 0.15) is 16.0 Å². The number of hydrogen-bond donors (Lipinski definition) is 0. The van der Waals surface area contributed by atoms with E-state index in [0.29, 0.717) is 10.6 Å². The molecule has 4 heteroatoms. The topological polar surface area (TPSA) is 36.7 Å². The lowest BCUT2D eigenvalue weighted by molar-refractivity contribution is 1.24. The van der Waals surface area contributed by atoms with Gasteiger partial charge in [-0.05, 0) is 11.6 Å². The summed E-state index contributed by atoms with van der Waals surface area (Å²) in [5, 5.41) is 10.3. The highest BCUT2D eigenvalue weighted by atomic mass is 35.5. The molecule has 0 atom stereocenters. The fourth-order valence-electron chi connectivity index (χ4n) is 1.97. The minimum atomic E-state index is 0.429. The van der Waals surface area contributed by atoms with Crippen molar-refractivity contribution < 1.29 is 0 Å². The molecule has 0 radical (unpaired) electrons. The van der Waals surface area contributed by atoms with Crippen molar-refractivity contribution in [1.29, 1.82) is 5.26 Å². The largest absolute Gasteiger partial charge is 0.244 e. The summed E-state index contributed by atoms with van der Waals surface area (Å²) in [6.45, 7) is 0. The number of benzene rings is 1. The predicted octanol–water partition coefficient (Wildman–Crippen LogP) is 4.41. The van der Waals surface area contributed by atoms with Gasteiger partial charge in [0.2, 0.25) is 0 Å². The molecule has 0 spiro atoms. The number of pyridine rings is 1. The lowest BCUT2D eigenvalue weighted by Gasteiger charge is -1.96. The van der Waals surface area contributed by atoms with Gasteiger partial charge in [-0.2, -0.15) is 5.26 Å². The van der Waals surface area contributed by atoms with Crippen LogP contribution in [0.3, 0.4) is 0 Å². The fraction of sp³-hybridized carbons (Fsp3) is 0.0667. The van der Waals surface area contributed by atoms with Crippen LogP contribution < -0.4 is 0 Å². The molecule has 3 rings (SSSR count). The van der Waals surface area contributed by atoms with E-state index in [-0.39, 0.29) is 0 Å². The maximum atomic E-state index is 8.95. The second kappa shape index (κ2) is 5.00. The van der Waals surface area contributed by atoms with Gasteiger partial charge in [-0.3, -0.25) is 0 Å². The van der Waals surface area contributed by atoms with E-state index in [1.54, 1.807) is 11.3 Å². The Morgan fingerprint density at radius 1 is 1.26 bits per heavy atom. The second-order valence-electron chi connectivity index (χ2n) is 4.19. The minimum absolute atomic E-state index is 0.429. The average Bonchev–Trinajstić information content (AvgIpc) is 2.84. The number of hydrogen-bond acceptors (Lipinski definition) is 3. The van der Waals surface area contributed by atoms with Crippen molar-refractivity contribution in [2.45, 2.75) is 6.42 Å². The van der Waals surface area contributed by atoms with Crippen LogP contribution in [0.5, 0.6) is 0 Å². The molecule has 0 unspecified atom stereocenters. The van der Waals surface area contributed by atoms with Crippen LogP contribution in [0.15, 0.2) is 42.6 Å². The molecule has 0 aliphatic carbocycles. The molecule has 0 saturated heterocycles. The number of nitriles is 1. The number of nitrogens with zero attached hydrogens (tertiary/aromatic N) is 2. The van der Waals surface area contributed by atoms with Crippen LogP contribution in [0.4, 0.5) is 0 Å². The van der Waals surface area contributed by atoms with Crippen molar-refractivity contribution in [2.75, 3.05) is 0 Å². The summed E-state index contributed by atoms with van der Waals surface area (Å²) >= 11 is 7.82. The molecule has 0 aliphatic rings. The molecule has 2 aromatic heterocycles. The summed E-state index contributed by atoms with van der Waals surface area (Å²) in [7, 11) is 0. The van der Waals surface area contributed by atoms with E-state index >= 15 is 0 Å². The Labute approximate surface area is 119 Å². The summed E-state index contributed by atoms with van der Waals surface area (Å²) in [5.74, 6) is 0. The highest BCUT2D eigenvalue weighted by Crippen LogP contribution is 2.32.